The summed E-state index contributed by atoms with van der Waals surface area (Å²) in [5.41, 5.74) is 2.46. The third-order valence-corrected chi connectivity index (χ3v) is 4.95. The maximum absolute atomic E-state index is 13.3. The lowest BCUT2D eigenvalue weighted by Crippen LogP contribution is -2.14. The fourth-order valence-electron chi connectivity index (χ4n) is 2.79. The fraction of sp³-hybridized carbons (Fsp3) is 0.0526. The van der Waals surface area contributed by atoms with Crippen molar-refractivity contribution in [1.29, 1.82) is 0 Å². The van der Waals surface area contributed by atoms with Crippen LogP contribution in [-0.2, 0) is 0 Å². The highest BCUT2D eigenvalue weighted by Crippen LogP contribution is 2.31. The first-order valence-electron chi connectivity index (χ1n) is 8.01. The summed E-state index contributed by atoms with van der Waals surface area (Å²) in [5, 5.41) is 13.9. The van der Waals surface area contributed by atoms with Crippen LogP contribution in [0, 0.1) is 5.82 Å². The Bertz CT molecular complexity index is 1100. The standard InChI is InChI=1S/C19H13Br2FN4O/c20-12-3-7-15(23-9-12)24-19(27)18-17(11-1-5-14(22)6-2-11)25-16-8-4-13(21)10-26(16)18/h1-10,19,27H,(H,23,24). The van der Waals surface area contributed by atoms with E-state index < -0.39 is 6.23 Å². The SMILES string of the molecule is OC(Nc1ccc(Br)cn1)c1c(-c2ccc(F)cc2)nc2ccc(Br)cn12. The molecule has 0 spiro atoms. The van der Waals surface area contributed by atoms with Gasteiger partial charge in [-0.1, -0.05) is 0 Å². The lowest BCUT2D eigenvalue weighted by molar-refractivity contribution is 0.202. The Kier molecular flexibility index (Phi) is 4.94. The molecule has 0 aliphatic rings. The van der Waals surface area contributed by atoms with Gasteiger partial charge < -0.3 is 10.4 Å². The van der Waals surface area contributed by atoms with Crippen LogP contribution in [0.1, 0.15) is 11.9 Å². The maximum Gasteiger partial charge on any atom is 0.169 e. The molecule has 8 heteroatoms. The second-order valence-corrected chi connectivity index (χ2v) is 7.67. The van der Waals surface area contributed by atoms with Crippen molar-refractivity contribution in [2.75, 3.05) is 5.32 Å². The van der Waals surface area contributed by atoms with Crippen molar-refractivity contribution in [2.45, 2.75) is 6.23 Å². The molecule has 0 saturated carbocycles. The first kappa shape index (κ1) is 18.1. The number of hydrogen-bond acceptors (Lipinski definition) is 4. The van der Waals surface area contributed by atoms with Crippen molar-refractivity contribution < 1.29 is 9.50 Å². The molecule has 27 heavy (non-hydrogen) atoms. The number of halogens is 3. The fourth-order valence-corrected chi connectivity index (χ4v) is 3.36. The molecule has 0 aliphatic heterocycles. The molecular weight excluding hydrogens is 479 g/mol. The number of nitrogens with zero attached hydrogens (tertiary/aromatic N) is 3. The summed E-state index contributed by atoms with van der Waals surface area (Å²) >= 11 is 6.78. The normalized spacial score (nSPS) is 12.3. The van der Waals surface area contributed by atoms with Crippen molar-refractivity contribution >= 4 is 43.3 Å². The van der Waals surface area contributed by atoms with E-state index in [-0.39, 0.29) is 5.82 Å². The molecule has 4 rings (SSSR count). The lowest BCUT2D eigenvalue weighted by Gasteiger charge is -2.15. The van der Waals surface area contributed by atoms with Gasteiger partial charge in [0.1, 0.15) is 17.3 Å². The van der Waals surface area contributed by atoms with Gasteiger partial charge in [0.15, 0.2) is 6.23 Å². The van der Waals surface area contributed by atoms with Crippen LogP contribution in [-0.4, -0.2) is 19.5 Å². The quantitative estimate of drug-likeness (QED) is 0.387. The molecule has 0 fully saturated rings. The van der Waals surface area contributed by atoms with E-state index in [0.29, 0.717) is 28.4 Å². The number of rotatable bonds is 4. The smallest absolute Gasteiger partial charge is 0.169 e. The largest absolute Gasteiger partial charge is 0.368 e. The minimum absolute atomic E-state index is 0.329. The molecule has 0 saturated heterocycles. The van der Waals surface area contributed by atoms with Gasteiger partial charge in [0, 0.05) is 26.9 Å². The minimum Gasteiger partial charge on any atom is -0.368 e. The first-order valence-corrected chi connectivity index (χ1v) is 9.59. The zero-order chi connectivity index (χ0) is 19.0. The molecular formula is C19H13Br2FN4O. The molecule has 1 atom stereocenters. The Morgan fingerprint density at radius 2 is 1.74 bits per heavy atom. The monoisotopic (exact) mass is 490 g/mol. The van der Waals surface area contributed by atoms with Crippen LogP contribution in [0.5, 0.6) is 0 Å². The molecule has 0 aliphatic carbocycles. The van der Waals surface area contributed by atoms with Gasteiger partial charge in [-0.05, 0) is 80.4 Å². The highest BCUT2D eigenvalue weighted by molar-refractivity contribution is 9.10. The van der Waals surface area contributed by atoms with Crippen LogP contribution < -0.4 is 5.32 Å². The summed E-state index contributed by atoms with van der Waals surface area (Å²) in [6.07, 6.45) is 2.38. The molecule has 0 radical (unpaired) electrons. The summed E-state index contributed by atoms with van der Waals surface area (Å²) in [4.78, 5) is 8.86. The second-order valence-electron chi connectivity index (χ2n) is 5.84. The van der Waals surface area contributed by atoms with E-state index in [2.05, 4.69) is 47.1 Å². The number of aliphatic hydroxyl groups is 1. The predicted octanol–water partition coefficient (Wildman–Crippen LogP) is 5.16. The van der Waals surface area contributed by atoms with Crippen LogP contribution in [0.2, 0.25) is 0 Å². The van der Waals surface area contributed by atoms with Crippen LogP contribution in [0.25, 0.3) is 16.9 Å². The number of imidazole rings is 1. The highest BCUT2D eigenvalue weighted by Gasteiger charge is 2.21. The van der Waals surface area contributed by atoms with Crippen molar-refractivity contribution in [3.63, 3.8) is 0 Å². The van der Waals surface area contributed by atoms with Crippen molar-refractivity contribution in [3.8, 4) is 11.3 Å². The Balaban J connectivity index is 1.83. The van der Waals surface area contributed by atoms with Gasteiger partial charge in [-0.15, -0.1) is 0 Å². The molecule has 136 valence electrons. The van der Waals surface area contributed by atoms with Gasteiger partial charge in [0.2, 0.25) is 0 Å². The van der Waals surface area contributed by atoms with Crippen LogP contribution in [0.15, 0.2) is 69.9 Å². The van der Waals surface area contributed by atoms with E-state index in [1.165, 1.54) is 12.1 Å². The first-order chi connectivity index (χ1) is 13.0. The van der Waals surface area contributed by atoms with E-state index in [9.17, 15) is 9.50 Å². The number of fused-ring (bicyclic) bond motifs is 1. The van der Waals surface area contributed by atoms with Crippen LogP contribution in [0.3, 0.4) is 0 Å². The van der Waals surface area contributed by atoms with Gasteiger partial charge in [-0.25, -0.2) is 14.4 Å². The molecule has 3 heterocycles. The average molecular weight is 492 g/mol. The number of aromatic nitrogens is 3. The van der Waals surface area contributed by atoms with Crippen molar-refractivity contribution in [2.24, 2.45) is 0 Å². The molecule has 4 aromatic rings. The average Bonchev–Trinajstić information content (AvgIpc) is 3.03. The minimum atomic E-state index is -1.08. The van der Waals surface area contributed by atoms with Gasteiger partial charge >= 0.3 is 0 Å². The summed E-state index contributed by atoms with van der Waals surface area (Å²) in [7, 11) is 0. The highest BCUT2D eigenvalue weighted by atomic mass is 79.9. The number of aliphatic hydroxyl groups excluding tert-OH is 1. The molecule has 2 N–H and O–H groups in total. The zero-order valence-electron chi connectivity index (χ0n) is 13.8. The predicted molar refractivity (Wildman–Crippen MR) is 109 cm³/mol. The van der Waals surface area contributed by atoms with Gasteiger partial charge in [-0.2, -0.15) is 0 Å². The molecule has 0 amide bonds. The zero-order valence-corrected chi connectivity index (χ0v) is 16.9. The third kappa shape index (κ3) is 3.73. The van der Waals surface area contributed by atoms with Gasteiger partial charge in [-0.3, -0.25) is 4.40 Å². The third-order valence-electron chi connectivity index (χ3n) is 4.01. The number of anilines is 1. The lowest BCUT2D eigenvalue weighted by atomic mass is 10.1. The summed E-state index contributed by atoms with van der Waals surface area (Å²) < 4.78 is 16.8. The second kappa shape index (κ2) is 7.38. The van der Waals surface area contributed by atoms with E-state index in [0.717, 1.165) is 8.95 Å². The van der Waals surface area contributed by atoms with Gasteiger partial charge in [0.05, 0.1) is 11.4 Å². The Morgan fingerprint density at radius 3 is 2.44 bits per heavy atom. The van der Waals surface area contributed by atoms with E-state index in [1.54, 1.807) is 28.8 Å². The van der Waals surface area contributed by atoms with E-state index in [1.807, 2.05) is 24.4 Å². The molecule has 0 bridgehead atoms. The van der Waals surface area contributed by atoms with E-state index >= 15 is 0 Å². The Labute approximate surface area is 171 Å². The van der Waals surface area contributed by atoms with Gasteiger partial charge in [0.25, 0.3) is 0 Å². The van der Waals surface area contributed by atoms with Crippen LogP contribution in [0.4, 0.5) is 10.2 Å². The summed E-state index contributed by atoms with van der Waals surface area (Å²) in [6, 6.07) is 13.3. The Hall–Kier alpha value is -2.29. The number of hydrogen-bond donors (Lipinski definition) is 2. The van der Waals surface area contributed by atoms with E-state index in [4.69, 9.17) is 0 Å². The summed E-state index contributed by atoms with van der Waals surface area (Å²) in [5.74, 6) is 0.185. The van der Waals surface area contributed by atoms with Crippen LogP contribution >= 0.6 is 31.9 Å². The molecule has 1 unspecified atom stereocenters. The number of nitrogens with one attached hydrogen (secondary N) is 1. The molecule has 5 nitrogen and oxygen atoms in total. The molecule has 1 aromatic carbocycles. The topological polar surface area (TPSA) is 62.5 Å². The summed E-state index contributed by atoms with van der Waals surface area (Å²) in [6.45, 7) is 0. The molecule has 3 aromatic heterocycles. The van der Waals surface area contributed by atoms with Crippen molar-refractivity contribution in [1.82, 2.24) is 14.4 Å². The van der Waals surface area contributed by atoms with Crippen molar-refractivity contribution in [3.05, 3.63) is 81.4 Å². The maximum atomic E-state index is 13.3. The number of benzene rings is 1. The number of pyridine rings is 2. The Morgan fingerprint density at radius 1 is 1.00 bits per heavy atom.